The second-order valence-electron chi connectivity index (χ2n) is 5.13. The largest absolute Gasteiger partial charge is 0.452 e. The maximum atomic E-state index is 12.5. The third-order valence-corrected chi connectivity index (χ3v) is 3.68. The fourth-order valence-corrected chi connectivity index (χ4v) is 2.28. The van der Waals surface area contributed by atoms with Crippen LogP contribution in [0.25, 0.3) is 11.5 Å². The number of carbonyl (C=O) groups excluding carboxylic acids is 1. The summed E-state index contributed by atoms with van der Waals surface area (Å²) in [5, 5.41) is 7.98. The second kappa shape index (κ2) is 7.17. The summed E-state index contributed by atoms with van der Waals surface area (Å²) in [7, 11) is 0. The number of esters is 1. The van der Waals surface area contributed by atoms with E-state index < -0.39 is 17.7 Å². The lowest BCUT2D eigenvalue weighted by Gasteiger charge is -2.07. The molecule has 9 heteroatoms. The van der Waals surface area contributed by atoms with Crippen LogP contribution in [0.2, 0.25) is 5.02 Å². The average Bonchev–Trinajstić information content (AvgIpc) is 3.08. The van der Waals surface area contributed by atoms with Crippen molar-refractivity contribution < 1.29 is 27.1 Å². The fourth-order valence-electron chi connectivity index (χ4n) is 2.06. The smallest absolute Gasteiger partial charge is 0.416 e. The molecular weight excluding hydrogens is 373 g/mol. The maximum absolute atomic E-state index is 12.5. The Balaban J connectivity index is 1.64. The molecule has 0 unspecified atom stereocenters. The molecule has 1 heterocycles. The molecule has 0 aliphatic carbocycles. The molecule has 3 rings (SSSR count). The van der Waals surface area contributed by atoms with Gasteiger partial charge in [-0.15, -0.1) is 10.2 Å². The molecular formula is C17H10ClF3N2O3. The molecule has 0 atom stereocenters. The fraction of sp³-hybridized carbons (Fsp3) is 0.118. The van der Waals surface area contributed by atoms with Crippen LogP contribution < -0.4 is 0 Å². The summed E-state index contributed by atoms with van der Waals surface area (Å²) in [5.41, 5.74) is -0.346. The van der Waals surface area contributed by atoms with E-state index in [0.717, 1.165) is 24.3 Å². The third-order valence-electron chi connectivity index (χ3n) is 3.35. The Morgan fingerprint density at radius 2 is 1.77 bits per heavy atom. The Bertz CT molecular complexity index is 924. The molecule has 0 saturated carbocycles. The van der Waals surface area contributed by atoms with Gasteiger partial charge in [-0.05, 0) is 36.4 Å². The lowest BCUT2D eigenvalue weighted by atomic mass is 10.1. The van der Waals surface area contributed by atoms with Crippen LogP contribution in [0.3, 0.4) is 0 Å². The van der Waals surface area contributed by atoms with Crippen molar-refractivity contribution in [3.05, 3.63) is 70.6 Å². The minimum atomic E-state index is -4.47. The Morgan fingerprint density at radius 1 is 1.08 bits per heavy atom. The monoisotopic (exact) mass is 382 g/mol. The maximum Gasteiger partial charge on any atom is 0.416 e. The second-order valence-corrected chi connectivity index (χ2v) is 5.54. The molecule has 0 bridgehead atoms. The van der Waals surface area contributed by atoms with E-state index in [1.54, 1.807) is 24.3 Å². The summed E-state index contributed by atoms with van der Waals surface area (Å²) >= 11 is 6.03. The molecule has 0 spiro atoms. The molecule has 0 amide bonds. The first-order chi connectivity index (χ1) is 12.3. The lowest BCUT2D eigenvalue weighted by molar-refractivity contribution is -0.137. The molecule has 0 aliphatic heterocycles. The Hall–Kier alpha value is -2.87. The van der Waals surface area contributed by atoms with Crippen molar-refractivity contribution in [3.63, 3.8) is 0 Å². The molecule has 5 nitrogen and oxygen atoms in total. The molecule has 0 radical (unpaired) electrons. The first-order valence-electron chi connectivity index (χ1n) is 7.26. The SMILES string of the molecule is O=C(OCc1nnc(-c2ccccc2Cl)o1)c1ccc(C(F)(F)F)cc1. The van der Waals surface area contributed by atoms with Gasteiger partial charge in [0.05, 0.1) is 21.7 Å². The predicted octanol–water partition coefficient (Wildman–Crippen LogP) is 4.77. The number of rotatable bonds is 4. The highest BCUT2D eigenvalue weighted by atomic mass is 35.5. The third kappa shape index (κ3) is 4.02. The van der Waals surface area contributed by atoms with Crippen molar-refractivity contribution in [1.82, 2.24) is 10.2 Å². The van der Waals surface area contributed by atoms with Gasteiger partial charge in [-0.2, -0.15) is 13.2 Å². The Labute approximate surface area is 150 Å². The highest BCUT2D eigenvalue weighted by Crippen LogP contribution is 2.29. The van der Waals surface area contributed by atoms with E-state index in [2.05, 4.69) is 10.2 Å². The van der Waals surface area contributed by atoms with Gasteiger partial charge < -0.3 is 9.15 Å². The predicted molar refractivity (Wildman–Crippen MR) is 85.3 cm³/mol. The van der Waals surface area contributed by atoms with Gasteiger partial charge in [-0.1, -0.05) is 23.7 Å². The number of halogens is 4. The van der Waals surface area contributed by atoms with Crippen LogP contribution in [0.15, 0.2) is 52.9 Å². The number of ether oxygens (including phenoxy) is 1. The van der Waals surface area contributed by atoms with Gasteiger partial charge in [0.25, 0.3) is 5.89 Å². The molecule has 1 aromatic heterocycles. The van der Waals surface area contributed by atoms with Crippen LogP contribution in [0.5, 0.6) is 0 Å². The van der Waals surface area contributed by atoms with E-state index in [1.165, 1.54) is 0 Å². The van der Waals surface area contributed by atoms with E-state index in [9.17, 15) is 18.0 Å². The van der Waals surface area contributed by atoms with Crippen LogP contribution in [0.1, 0.15) is 21.8 Å². The van der Waals surface area contributed by atoms with Gasteiger partial charge in [-0.25, -0.2) is 4.79 Å². The number of hydrogen-bond acceptors (Lipinski definition) is 5. The van der Waals surface area contributed by atoms with Gasteiger partial charge in [0.2, 0.25) is 5.89 Å². The van der Waals surface area contributed by atoms with Gasteiger partial charge in [-0.3, -0.25) is 0 Å². The van der Waals surface area contributed by atoms with Crippen molar-refractivity contribution in [3.8, 4) is 11.5 Å². The topological polar surface area (TPSA) is 65.2 Å². The number of aromatic nitrogens is 2. The Morgan fingerprint density at radius 3 is 2.42 bits per heavy atom. The van der Waals surface area contributed by atoms with Gasteiger partial charge in [0.15, 0.2) is 6.61 Å². The molecule has 0 saturated heterocycles. The van der Waals surface area contributed by atoms with Crippen molar-refractivity contribution in [2.75, 3.05) is 0 Å². The van der Waals surface area contributed by atoms with Crippen molar-refractivity contribution in [2.24, 2.45) is 0 Å². The summed E-state index contributed by atoms with van der Waals surface area (Å²) in [6, 6.07) is 10.5. The number of nitrogens with zero attached hydrogens (tertiary/aromatic N) is 2. The van der Waals surface area contributed by atoms with E-state index in [4.69, 9.17) is 20.8 Å². The number of alkyl halides is 3. The van der Waals surface area contributed by atoms with Crippen LogP contribution in [0, 0.1) is 0 Å². The van der Waals surface area contributed by atoms with Crippen LogP contribution in [-0.2, 0) is 17.5 Å². The Kier molecular flexibility index (Phi) is 4.94. The lowest BCUT2D eigenvalue weighted by Crippen LogP contribution is -2.08. The summed E-state index contributed by atoms with van der Waals surface area (Å²) in [6.45, 7) is -0.322. The minimum Gasteiger partial charge on any atom is -0.452 e. The molecule has 134 valence electrons. The van der Waals surface area contributed by atoms with E-state index in [-0.39, 0.29) is 24.0 Å². The molecule has 3 aromatic rings. The molecule has 2 aromatic carbocycles. The normalized spacial score (nSPS) is 11.4. The zero-order valence-corrected chi connectivity index (χ0v) is 13.7. The van der Waals surface area contributed by atoms with E-state index in [0.29, 0.717) is 10.6 Å². The van der Waals surface area contributed by atoms with Crippen molar-refractivity contribution >= 4 is 17.6 Å². The van der Waals surface area contributed by atoms with E-state index in [1.807, 2.05) is 0 Å². The summed E-state index contributed by atoms with van der Waals surface area (Å²) < 4.78 is 47.9. The number of carbonyl (C=O) groups is 1. The summed E-state index contributed by atoms with van der Waals surface area (Å²) in [4.78, 5) is 11.9. The van der Waals surface area contributed by atoms with Gasteiger partial charge >= 0.3 is 12.1 Å². The summed E-state index contributed by atoms with van der Waals surface area (Å²) in [5.74, 6) is -0.618. The van der Waals surface area contributed by atoms with Gasteiger partial charge in [0, 0.05) is 0 Å². The van der Waals surface area contributed by atoms with Crippen LogP contribution in [-0.4, -0.2) is 16.2 Å². The van der Waals surface area contributed by atoms with Crippen LogP contribution >= 0.6 is 11.6 Å². The van der Waals surface area contributed by atoms with E-state index >= 15 is 0 Å². The van der Waals surface area contributed by atoms with Crippen LogP contribution in [0.4, 0.5) is 13.2 Å². The minimum absolute atomic E-state index is 0.0242. The number of hydrogen-bond donors (Lipinski definition) is 0. The highest BCUT2D eigenvalue weighted by molar-refractivity contribution is 6.33. The zero-order chi connectivity index (χ0) is 18.7. The standard InChI is InChI=1S/C17H10ClF3N2O3/c18-13-4-2-1-3-12(13)15-23-22-14(26-15)9-25-16(24)10-5-7-11(8-6-10)17(19,20)21/h1-8H,9H2. The molecule has 26 heavy (non-hydrogen) atoms. The summed E-state index contributed by atoms with van der Waals surface area (Å²) in [6.07, 6.45) is -4.47. The molecule has 0 aliphatic rings. The van der Waals surface area contributed by atoms with Crippen molar-refractivity contribution in [2.45, 2.75) is 12.8 Å². The molecule has 0 fully saturated rings. The van der Waals surface area contributed by atoms with Gasteiger partial charge in [0.1, 0.15) is 0 Å². The first kappa shape index (κ1) is 17.9. The highest BCUT2D eigenvalue weighted by Gasteiger charge is 2.30. The van der Waals surface area contributed by atoms with Crippen molar-refractivity contribution in [1.29, 1.82) is 0 Å². The zero-order valence-electron chi connectivity index (χ0n) is 13.0. The first-order valence-corrected chi connectivity index (χ1v) is 7.64. The quantitative estimate of drug-likeness (QED) is 0.608. The average molecular weight is 383 g/mol. The molecule has 0 N–H and O–H groups in total. The number of benzene rings is 2.